The highest BCUT2D eigenvalue weighted by Gasteiger charge is 2.41. The molecule has 0 saturated heterocycles. The summed E-state index contributed by atoms with van der Waals surface area (Å²) in [6, 6.07) is 10.6. The van der Waals surface area contributed by atoms with Crippen molar-refractivity contribution in [2.24, 2.45) is 0 Å². The maximum absolute atomic E-state index is 14.4. The van der Waals surface area contributed by atoms with Crippen molar-refractivity contribution in [2.45, 2.75) is 105 Å². The van der Waals surface area contributed by atoms with Gasteiger partial charge in [-0.3, -0.25) is 29.0 Å². The zero-order valence-corrected chi connectivity index (χ0v) is 31.5. The lowest BCUT2D eigenvalue weighted by Crippen LogP contribution is -2.46. The summed E-state index contributed by atoms with van der Waals surface area (Å²) >= 11 is 3.83. The first-order valence-electron chi connectivity index (χ1n) is 17.8. The molecule has 9 heteroatoms. The Morgan fingerprint density at radius 3 is 1.54 bits per heavy atom. The molecule has 0 unspecified atom stereocenters. The predicted molar refractivity (Wildman–Crippen MR) is 201 cm³/mol. The third kappa shape index (κ3) is 4.87. The zero-order valence-electron chi connectivity index (χ0n) is 30.0. The van der Waals surface area contributed by atoms with Crippen molar-refractivity contribution < 1.29 is 28.7 Å². The SMILES string of the molecule is CCC(CC)N1C(=O)c2ccc3c4c(OC(C)(C)COC(C)C)cc5c6c(ccc(c7c(Br)cc(c2c37)C1=O)c64)C(=O)N(C(CC)CC)C5=O. The first-order valence-corrected chi connectivity index (χ1v) is 18.6. The minimum absolute atomic E-state index is 0.0145. The molecule has 260 valence electrons. The molecule has 50 heavy (non-hydrogen) atoms. The van der Waals surface area contributed by atoms with Crippen LogP contribution in [0.5, 0.6) is 5.75 Å². The number of carbonyl (C=O) groups excluding carboxylic acids is 4. The highest BCUT2D eigenvalue weighted by molar-refractivity contribution is 9.10. The van der Waals surface area contributed by atoms with E-state index in [9.17, 15) is 19.2 Å². The molecule has 0 atom stereocenters. The fourth-order valence-electron chi connectivity index (χ4n) is 8.16. The monoisotopic (exact) mass is 738 g/mol. The van der Waals surface area contributed by atoms with Crippen LogP contribution in [0, 0.1) is 0 Å². The van der Waals surface area contributed by atoms with E-state index in [1.165, 1.54) is 9.80 Å². The fourth-order valence-corrected chi connectivity index (χ4v) is 8.80. The lowest BCUT2D eigenvalue weighted by atomic mass is 9.81. The lowest BCUT2D eigenvalue weighted by molar-refractivity contribution is -0.0269. The maximum atomic E-state index is 14.4. The maximum Gasteiger partial charge on any atom is 0.261 e. The molecule has 0 aromatic heterocycles. The van der Waals surface area contributed by atoms with Crippen LogP contribution in [0.3, 0.4) is 0 Å². The molecule has 4 amide bonds. The number of fused-ring (bicyclic) bond motifs is 2. The molecule has 8 nitrogen and oxygen atoms in total. The van der Waals surface area contributed by atoms with Gasteiger partial charge in [0.05, 0.1) is 18.3 Å². The lowest BCUT2D eigenvalue weighted by Gasteiger charge is -2.35. The summed E-state index contributed by atoms with van der Waals surface area (Å²) < 4.78 is 13.6. The van der Waals surface area contributed by atoms with Crippen molar-refractivity contribution in [3.8, 4) is 5.75 Å². The second-order valence-corrected chi connectivity index (χ2v) is 15.4. The molecular formula is C41H43BrN2O6. The third-order valence-corrected chi connectivity index (χ3v) is 11.2. The highest BCUT2D eigenvalue weighted by atomic mass is 79.9. The second kappa shape index (κ2) is 12.3. The van der Waals surface area contributed by atoms with Gasteiger partial charge in [-0.15, -0.1) is 0 Å². The van der Waals surface area contributed by atoms with Crippen molar-refractivity contribution >= 4 is 82.6 Å². The zero-order chi connectivity index (χ0) is 36.0. The summed E-state index contributed by atoms with van der Waals surface area (Å²) in [5, 5.41) is 5.81. The van der Waals surface area contributed by atoms with Crippen LogP contribution in [0.1, 0.15) is 123 Å². The Hall–Kier alpha value is -4.08. The van der Waals surface area contributed by atoms with Crippen LogP contribution in [-0.2, 0) is 4.74 Å². The van der Waals surface area contributed by atoms with E-state index in [4.69, 9.17) is 9.47 Å². The number of amides is 4. The van der Waals surface area contributed by atoms with Crippen LogP contribution in [0.25, 0.3) is 43.1 Å². The molecule has 5 aromatic carbocycles. The Kier molecular flexibility index (Phi) is 8.46. The molecule has 7 rings (SSSR count). The van der Waals surface area contributed by atoms with Gasteiger partial charge in [0.15, 0.2) is 0 Å². The van der Waals surface area contributed by atoms with Crippen LogP contribution in [0.4, 0.5) is 0 Å². The number of carbonyl (C=O) groups is 4. The molecule has 0 spiro atoms. The first-order chi connectivity index (χ1) is 23.8. The second-order valence-electron chi connectivity index (χ2n) is 14.5. The van der Waals surface area contributed by atoms with Gasteiger partial charge in [-0.2, -0.15) is 0 Å². The Labute approximate surface area is 300 Å². The summed E-state index contributed by atoms with van der Waals surface area (Å²) in [5.41, 5.74) is 1.03. The van der Waals surface area contributed by atoms with Crippen molar-refractivity contribution in [2.75, 3.05) is 6.61 Å². The standard InChI is InChI=1S/C41H43BrN2O6/c1-9-21(10-2)43-37(45)25-16-14-24-34-30(50-41(7,8)19-49-20(5)6)18-28-32-26(38(46)44(40(28)48)22(11-3)12-4)15-13-23(36(32)34)33-29(42)17-27(39(43)47)31(25)35(24)33/h13-18,20-22H,9-12,19H2,1-8H3. The van der Waals surface area contributed by atoms with E-state index in [0.717, 1.165) is 32.3 Å². The molecule has 0 bridgehead atoms. The molecule has 0 saturated carbocycles. The van der Waals surface area contributed by atoms with E-state index in [0.29, 0.717) is 75.5 Å². The molecule has 5 aromatic rings. The molecule has 2 aliphatic heterocycles. The Balaban J connectivity index is 1.62. The summed E-state index contributed by atoms with van der Waals surface area (Å²) in [7, 11) is 0. The van der Waals surface area contributed by atoms with Gasteiger partial charge in [0.1, 0.15) is 11.4 Å². The highest BCUT2D eigenvalue weighted by Crippen LogP contribution is 2.51. The van der Waals surface area contributed by atoms with Crippen LogP contribution in [0.2, 0.25) is 0 Å². The summed E-state index contributed by atoms with van der Waals surface area (Å²) in [6.45, 7) is 16.1. The predicted octanol–water partition coefficient (Wildman–Crippen LogP) is 9.65. The van der Waals surface area contributed by atoms with Crippen molar-refractivity contribution in [1.29, 1.82) is 0 Å². The molecule has 0 fully saturated rings. The minimum Gasteiger partial charge on any atom is -0.485 e. The first kappa shape index (κ1) is 34.4. The van der Waals surface area contributed by atoms with Crippen molar-refractivity contribution in [3.05, 3.63) is 63.1 Å². The van der Waals surface area contributed by atoms with E-state index in [1.54, 1.807) is 6.07 Å². The Bertz CT molecular complexity index is 2270. The van der Waals surface area contributed by atoms with Crippen LogP contribution >= 0.6 is 15.9 Å². The van der Waals surface area contributed by atoms with E-state index >= 15 is 0 Å². The average Bonchev–Trinajstić information content (AvgIpc) is 3.08. The summed E-state index contributed by atoms with van der Waals surface area (Å²) in [5.74, 6) is -0.773. The Morgan fingerprint density at radius 2 is 1.06 bits per heavy atom. The Morgan fingerprint density at radius 1 is 0.620 bits per heavy atom. The van der Waals surface area contributed by atoms with Gasteiger partial charge in [0.25, 0.3) is 23.6 Å². The summed E-state index contributed by atoms with van der Waals surface area (Å²) in [4.78, 5) is 59.7. The van der Waals surface area contributed by atoms with Gasteiger partial charge in [-0.25, -0.2) is 0 Å². The normalized spacial score (nSPS) is 15.2. The van der Waals surface area contributed by atoms with Crippen LogP contribution in [-0.4, -0.2) is 63.8 Å². The third-order valence-electron chi connectivity index (χ3n) is 10.6. The van der Waals surface area contributed by atoms with Gasteiger partial charge in [-0.05, 0) is 88.4 Å². The molecule has 2 heterocycles. The fraction of sp³-hybridized carbons (Fsp3) is 0.415. The molecule has 0 radical (unpaired) electrons. The number of hydrogen-bond acceptors (Lipinski definition) is 6. The molecular weight excluding hydrogens is 696 g/mol. The number of ether oxygens (including phenoxy) is 2. The van der Waals surface area contributed by atoms with Gasteiger partial charge in [0.2, 0.25) is 0 Å². The summed E-state index contributed by atoms with van der Waals surface area (Å²) in [6.07, 6.45) is 2.59. The minimum atomic E-state index is -0.795. The molecule has 0 N–H and O–H groups in total. The van der Waals surface area contributed by atoms with Crippen molar-refractivity contribution in [1.82, 2.24) is 9.80 Å². The van der Waals surface area contributed by atoms with E-state index in [-0.39, 0.29) is 41.8 Å². The smallest absolute Gasteiger partial charge is 0.261 e. The number of benzene rings is 5. The topological polar surface area (TPSA) is 93.2 Å². The largest absolute Gasteiger partial charge is 0.485 e. The van der Waals surface area contributed by atoms with E-state index < -0.39 is 5.60 Å². The number of rotatable bonds is 11. The number of nitrogens with zero attached hydrogens (tertiary/aromatic N) is 2. The van der Waals surface area contributed by atoms with Crippen LogP contribution < -0.4 is 4.74 Å². The van der Waals surface area contributed by atoms with Gasteiger partial charge in [-0.1, -0.05) is 55.8 Å². The van der Waals surface area contributed by atoms with Crippen LogP contribution in [0.15, 0.2) is 40.9 Å². The van der Waals surface area contributed by atoms with Crippen molar-refractivity contribution in [3.63, 3.8) is 0 Å². The number of hydrogen-bond donors (Lipinski definition) is 0. The van der Waals surface area contributed by atoms with Gasteiger partial charge >= 0.3 is 0 Å². The molecule has 2 aliphatic rings. The van der Waals surface area contributed by atoms with E-state index in [1.807, 2.05) is 85.7 Å². The average molecular weight is 740 g/mol. The quantitative estimate of drug-likeness (QED) is 0.0761. The van der Waals surface area contributed by atoms with E-state index in [2.05, 4.69) is 15.9 Å². The number of imide groups is 2. The molecule has 0 aliphatic carbocycles. The van der Waals surface area contributed by atoms with Gasteiger partial charge in [0, 0.05) is 65.6 Å². The number of halogens is 1. The van der Waals surface area contributed by atoms with Gasteiger partial charge < -0.3 is 9.47 Å².